The minimum atomic E-state index is -3.83. The van der Waals surface area contributed by atoms with E-state index in [1.165, 1.54) is 40.7 Å². The molecule has 0 spiro atoms. The number of ether oxygens (including phenoxy) is 2. The van der Waals surface area contributed by atoms with Crippen molar-refractivity contribution in [1.82, 2.24) is 9.62 Å². The van der Waals surface area contributed by atoms with Crippen molar-refractivity contribution in [2.75, 3.05) is 50.0 Å². The number of nitrogens with one attached hydrogen (secondary N) is 1. The molecule has 2 aromatic rings. The number of nitrogens with zero attached hydrogens (tertiary/aromatic N) is 2. The predicted molar refractivity (Wildman–Crippen MR) is 132 cm³/mol. The summed E-state index contributed by atoms with van der Waals surface area (Å²) in [6.07, 6.45) is 1.18. The molecule has 1 atom stereocenters. The van der Waals surface area contributed by atoms with Crippen LogP contribution in [0.3, 0.4) is 0 Å². The smallest absolute Gasteiger partial charge is 0.244 e. The maximum Gasteiger partial charge on any atom is 0.244 e. The molecule has 1 amide bonds. The first-order valence-electron chi connectivity index (χ1n) is 11.4. The van der Waals surface area contributed by atoms with Gasteiger partial charge in [0, 0.05) is 13.1 Å². The van der Waals surface area contributed by atoms with E-state index in [4.69, 9.17) is 9.47 Å². The third kappa shape index (κ3) is 6.93. The van der Waals surface area contributed by atoms with Gasteiger partial charge >= 0.3 is 0 Å². The molecule has 1 aliphatic rings. The monoisotopic (exact) mass is 543 g/mol. The van der Waals surface area contributed by atoms with E-state index in [1.54, 1.807) is 6.92 Å². The molecule has 0 aromatic heterocycles. The van der Waals surface area contributed by atoms with Gasteiger partial charge in [0.2, 0.25) is 26.0 Å². The van der Waals surface area contributed by atoms with Crippen molar-refractivity contribution in [2.24, 2.45) is 0 Å². The van der Waals surface area contributed by atoms with Gasteiger partial charge in [0.1, 0.15) is 24.2 Å². The Hall–Kier alpha value is -2.74. The number of halogens is 1. The summed E-state index contributed by atoms with van der Waals surface area (Å²) >= 11 is 0. The highest BCUT2D eigenvalue weighted by atomic mass is 32.2. The van der Waals surface area contributed by atoms with E-state index in [0.29, 0.717) is 32.1 Å². The van der Waals surface area contributed by atoms with Gasteiger partial charge in [0.15, 0.2) is 0 Å². The number of carbonyl (C=O) groups excluding carboxylic acids is 1. The Kier molecular flexibility index (Phi) is 9.28. The zero-order valence-corrected chi connectivity index (χ0v) is 21.7. The molecule has 13 heteroatoms. The second kappa shape index (κ2) is 12.0. The lowest BCUT2D eigenvalue weighted by Gasteiger charge is -2.30. The van der Waals surface area contributed by atoms with Crippen LogP contribution in [-0.4, -0.2) is 78.8 Å². The van der Waals surface area contributed by atoms with Crippen molar-refractivity contribution in [3.05, 3.63) is 54.3 Å². The number of morpholine rings is 1. The van der Waals surface area contributed by atoms with E-state index in [-0.39, 0.29) is 30.2 Å². The Morgan fingerprint density at radius 3 is 2.25 bits per heavy atom. The molecule has 10 nitrogen and oxygen atoms in total. The van der Waals surface area contributed by atoms with Crippen molar-refractivity contribution in [3.8, 4) is 5.75 Å². The lowest BCUT2D eigenvalue weighted by molar-refractivity contribution is -0.122. The van der Waals surface area contributed by atoms with Gasteiger partial charge in [-0.2, -0.15) is 4.31 Å². The summed E-state index contributed by atoms with van der Waals surface area (Å²) in [6.45, 7) is 3.16. The lowest BCUT2D eigenvalue weighted by atomic mass is 10.2. The number of benzene rings is 2. The maximum atomic E-state index is 13.3. The largest absolute Gasteiger partial charge is 0.492 e. The van der Waals surface area contributed by atoms with Gasteiger partial charge in [-0.15, -0.1) is 0 Å². The highest BCUT2D eigenvalue weighted by molar-refractivity contribution is 7.92. The molecule has 1 N–H and O–H groups in total. The molecule has 0 aliphatic carbocycles. The van der Waals surface area contributed by atoms with Crippen LogP contribution in [0.1, 0.15) is 13.3 Å². The molecule has 0 bridgehead atoms. The molecule has 0 saturated carbocycles. The van der Waals surface area contributed by atoms with Crippen LogP contribution in [0.4, 0.5) is 10.1 Å². The number of anilines is 1. The zero-order chi connectivity index (χ0) is 26.3. The summed E-state index contributed by atoms with van der Waals surface area (Å²) < 4.78 is 76.6. The SMILES string of the molecule is CC[C@H](C(=O)NCCOc1ccc(S(=O)(=O)N2CCOCC2)cc1)N(c1ccc(F)cc1)S(C)(=O)=O. The molecule has 0 unspecified atom stereocenters. The first kappa shape index (κ1) is 27.8. The van der Waals surface area contributed by atoms with Crippen molar-refractivity contribution in [3.63, 3.8) is 0 Å². The fourth-order valence-electron chi connectivity index (χ4n) is 3.75. The van der Waals surface area contributed by atoms with Crippen molar-refractivity contribution in [1.29, 1.82) is 0 Å². The Labute approximate surface area is 211 Å². The van der Waals surface area contributed by atoms with Gasteiger partial charge in [-0.25, -0.2) is 21.2 Å². The Morgan fingerprint density at radius 1 is 1.08 bits per heavy atom. The Bertz CT molecular complexity index is 1230. The quantitative estimate of drug-likeness (QED) is 0.427. The molecule has 1 fully saturated rings. The van der Waals surface area contributed by atoms with Gasteiger partial charge in [0.25, 0.3) is 0 Å². The normalized spacial score (nSPS) is 15.8. The van der Waals surface area contributed by atoms with Crippen LogP contribution < -0.4 is 14.4 Å². The molecular formula is C23H30FN3O7S2. The first-order valence-corrected chi connectivity index (χ1v) is 14.7. The van der Waals surface area contributed by atoms with Crippen LogP contribution in [0.2, 0.25) is 0 Å². The third-order valence-corrected chi connectivity index (χ3v) is 8.61. The summed E-state index contributed by atoms with van der Waals surface area (Å²) in [5, 5.41) is 2.66. The summed E-state index contributed by atoms with van der Waals surface area (Å²) in [7, 11) is -7.43. The molecule has 0 radical (unpaired) electrons. The lowest BCUT2D eigenvalue weighted by Crippen LogP contribution is -2.50. The molecular weight excluding hydrogens is 513 g/mol. The molecule has 1 saturated heterocycles. The van der Waals surface area contributed by atoms with E-state index in [1.807, 2.05) is 0 Å². The number of rotatable bonds is 11. The van der Waals surface area contributed by atoms with Crippen LogP contribution in [0.5, 0.6) is 5.75 Å². The van der Waals surface area contributed by atoms with Crippen molar-refractivity contribution < 1.29 is 35.5 Å². The number of sulfonamides is 2. The second-order valence-corrected chi connectivity index (χ2v) is 11.9. The van der Waals surface area contributed by atoms with Crippen LogP contribution in [0.15, 0.2) is 53.4 Å². The van der Waals surface area contributed by atoms with Crippen molar-refractivity contribution >= 4 is 31.6 Å². The molecule has 1 aliphatic heterocycles. The molecule has 36 heavy (non-hydrogen) atoms. The summed E-state index contributed by atoms with van der Waals surface area (Å²) in [4.78, 5) is 12.9. The number of amides is 1. The van der Waals surface area contributed by atoms with Gasteiger partial charge in [-0.1, -0.05) is 6.92 Å². The van der Waals surface area contributed by atoms with Crippen LogP contribution in [-0.2, 0) is 29.6 Å². The second-order valence-electron chi connectivity index (χ2n) is 8.09. The molecule has 1 heterocycles. The highest BCUT2D eigenvalue weighted by Gasteiger charge is 2.31. The van der Waals surface area contributed by atoms with Gasteiger partial charge < -0.3 is 14.8 Å². The average molecular weight is 544 g/mol. The van der Waals surface area contributed by atoms with Gasteiger partial charge in [0.05, 0.1) is 36.6 Å². The molecule has 2 aromatic carbocycles. The van der Waals surface area contributed by atoms with Crippen molar-refractivity contribution in [2.45, 2.75) is 24.3 Å². The topological polar surface area (TPSA) is 122 Å². The summed E-state index contributed by atoms with van der Waals surface area (Å²) in [5.74, 6) is -0.627. The number of hydrogen-bond acceptors (Lipinski definition) is 7. The molecule has 198 valence electrons. The summed E-state index contributed by atoms with van der Waals surface area (Å²) in [5.41, 5.74) is 0.185. The predicted octanol–water partition coefficient (Wildman–Crippen LogP) is 1.59. The maximum absolute atomic E-state index is 13.3. The fraction of sp³-hybridized carbons (Fsp3) is 0.435. The molecule has 3 rings (SSSR count). The minimum absolute atomic E-state index is 0.0765. The van der Waals surface area contributed by atoms with E-state index in [2.05, 4.69) is 5.32 Å². The van der Waals surface area contributed by atoms with Crippen LogP contribution >= 0.6 is 0 Å². The standard InChI is InChI=1S/C23H30FN3O7S2/c1-3-22(27(35(2,29)30)19-6-4-18(24)5-7-19)23(28)25-12-15-34-20-8-10-21(11-9-20)36(31,32)26-13-16-33-17-14-26/h4-11,22H,3,12-17H2,1-2H3,(H,25,28)/t22-/m1/s1. The van der Waals surface area contributed by atoms with E-state index in [9.17, 15) is 26.0 Å². The third-order valence-electron chi connectivity index (χ3n) is 5.51. The summed E-state index contributed by atoms with van der Waals surface area (Å²) in [6, 6.07) is 9.81. The fourth-order valence-corrected chi connectivity index (χ4v) is 6.37. The van der Waals surface area contributed by atoms with E-state index in [0.717, 1.165) is 22.7 Å². The minimum Gasteiger partial charge on any atom is -0.492 e. The number of carbonyl (C=O) groups is 1. The van der Waals surface area contributed by atoms with Gasteiger partial charge in [-0.05, 0) is 55.0 Å². The number of hydrogen-bond donors (Lipinski definition) is 1. The Balaban J connectivity index is 1.56. The van der Waals surface area contributed by atoms with E-state index < -0.39 is 37.8 Å². The average Bonchev–Trinajstić information content (AvgIpc) is 2.86. The Morgan fingerprint density at radius 2 is 1.69 bits per heavy atom. The van der Waals surface area contributed by atoms with E-state index >= 15 is 0 Å². The van der Waals surface area contributed by atoms with Gasteiger partial charge in [-0.3, -0.25) is 9.10 Å². The van der Waals surface area contributed by atoms with Crippen LogP contribution in [0, 0.1) is 5.82 Å². The first-order chi connectivity index (χ1) is 17.0. The van der Waals surface area contributed by atoms with Crippen LogP contribution in [0.25, 0.3) is 0 Å². The highest BCUT2D eigenvalue weighted by Crippen LogP contribution is 2.23. The zero-order valence-electron chi connectivity index (χ0n) is 20.1.